The summed E-state index contributed by atoms with van der Waals surface area (Å²) in [6.45, 7) is 0. The van der Waals surface area contributed by atoms with Gasteiger partial charge in [0.2, 0.25) is 0 Å². The fraction of sp³-hybridized carbons (Fsp3) is 0.0833. The van der Waals surface area contributed by atoms with Gasteiger partial charge < -0.3 is 10.1 Å². The number of benzene rings is 1. The van der Waals surface area contributed by atoms with E-state index >= 15 is 0 Å². The summed E-state index contributed by atoms with van der Waals surface area (Å²) in [7, 11) is 1.57. The Balaban J connectivity index is 2.31. The molecule has 6 heteroatoms. The first-order valence-corrected chi connectivity index (χ1v) is 5.14. The van der Waals surface area contributed by atoms with E-state index in [1.807, 2.05) is 6.07 Å². The maximum absolute atomic E-state index is 11.2. The highest BCUT2D eigenvalue weighted by atomic mass is 16.5. The number of aromatic amines is 1. The lowest BCUT2D eigenvalue weighted by Crippen LogP contribution is -2.13. The van der Waals surface area contributed by atoms with E-state index in [2.05, 4.69) is 15.3 Å². The zero-order valence-corrected chi connectivity index (χ0v) is 9.60. The molecule has 1 aromatic carbocycles. The van der Waals surface area contributed by atoms with Gasteiger partial charge >= 0.3 is 5.69 Å². The summed E-state index contributed by atoms with van der Waals surface area (Å²) in [5, 5.41) is 11.7. The van der Waals surface area contributed by atoms with Crippen molar-refractivity contribution in [3.05, 3.63) is 46.5 Å². The van der Waals surface area contributed by atoms with Gasteiger partial charge in [-0.25, -0.2) is 4.79 Å². The molecule has 1 aromatic heterocycles. The molecule has 2 aromatic rings. The van der Waals surface area contributed by atoms with Crippen LogP contribution in [0.25, 0.3) is 0 Å². The average Bonchev–Trinajstić information content (AvgIpc) is 2.38. The van der Waals surface area contributed by atoms with Crippen LogP contribution in [-0.2, 0) is 0 Å². The second-order valence-electron chi connectivity index (χ2n) is 3.45. The van der Waals surface area contributed by atoms with E-state index in [0.29, 0.717) is 11.6 Å². The Bertz CT molecular complexity index is 658. The molecule has 0 fully saturated rings. The maximum Gasteiger partial charge on any atom is 0.347 e. The lowest BCUT2D eigenvalue weighted by atomic mass is 10.3. The summed E-state index contributed by atoms with van der Waals surface area (Å²) < 4.78 is 5.08. The van der Waals surface area contributed by atoms with Crippen LogP contribution in [0.5, 0.6) is 5.75 Å². The van der Waals surface area contributed by atoms with Crippen molar-refractivity contribution in [2.24, 2.45) is 0 Å². The number of nitrogens with one attached hydrogen (secondary N) is 2. The van der Waals surface area contributed by atoms with Gasteiger partial charge in [0.1, 0.15) is 23.3 Å². The molecule has 18 heavy (non-hydrogen) atoms. The van der Waals surface area contributed by atoms with Crippen LogP contribution in [0.1, 0.15) is 5.69 Å². The van der Waals surface area contributed by atoms with Gasteiger partial charge in [-0.15, -0.1) is 0 Å². The van der Waals surface area contributed by atoms with E-state index in [1.165, 1.54) is 6.07 Å². The number of ether oxygens (including phenoxy) is 1. The molecule has 1 heterocycles. The van der Waals surface area contributed by atoms with Crippen LogP contribution in [0.4, 0.5) is 11.5 Å². The van der Waals surface area contributed by atoms with Gasteiger partial charge in [0, 0.05) is 17.8 Å². The van der Waals surface area contributed by atoms with E-state index in [4.69, 9.17) is 10.00 Å². The molecule has 0 radical (unpaired) electrons. The number of aromatic nitrogens is 2. The number of nitriles is 1. The average molecular weight is 242 g/mol. The van der Waals surface area contributed by atoms with E-state index in [0.717, 1.165) is 5.69 Å². The lowest BCUT2D eigenvalue weighted by molar-refractivity contribution is 0.415. The summed E-state index contributed by atoms with van der Waals surface area (Å²) >= 11 is 0. The summed E-state index contributed by atoms with van der Waals surface area (Å²) in [6.07, 6.45) is 0. The molecule has 90 valence electrons. The van der Waals surface area contributed by atoms with Crippen molar-refractivity contribution >= 4 is 11.5 Å². The Morgan fingerprint density at radius 1 is 1.44 bits per heavy atom. The van der Waals surface area contributed by atoms with Crippen LogP contribution in [-0.4, -0.2) is 17.1 Å². The predicted molar refractivity (Wildman–Crippen MR) is 65.8 cm³/mol. The van der Waals surface area contributed by atoms with Crippen molar-refractivity contribution in [3.8, 4) is 11.8 Å². The summed E-state index contributed by atoms with van der Waals surface area (Å²) in [5.41, 5.74) is 0.302. The maximum atomic E-state index is 11.2. The number of hydrogen-bond donors (Lipinski definition) is 2. The number of rotatable bonds is 3. The molecule has 0 unspecified atom stereocenters. The summed E-state index contributed by atoms with van der Waals surface area (Å²) in [4.78, 5) is 17.2. The van der Waals surface area contributed by atoms with Gasteiger partial charge in [0.15, 0.2) is 0 Å². The first kappa shape index (κ1) is 11.7. The molecule has 0 bridgehead atoms. The zero-order valence-electron chi connectivity index (χ0n) is 9.60. The third-order valence-electron chi connectivity index (χ3n) is 2.21. The Kier molecular flexibility index (Phi) is 3.25. The molecule has 0 atom stereocenters. The smallest absolute Gasteiger partial charge is 0.347 e. The lowest BCUT2D eigenvalue weighted by Gasteiger charge is -2.06. The van der Waals surface area contributed by atoms with E-state index in [-0.39, 0.29) is 5.69 Å². The van der Waals surface area contributed by atoms with Crippen LogP contribution >= 0.6 is 0 Å². The number of methoxy groups -OCH3 is 1. The molecular formula is C12H10N4O2. The highest BCUT2D eigenvalue weighted by molar-refractivity contribution is 5.58. The fourth-order valence-corrected chi connectivity index (χ4v) is 1.43. The Morgan fingerprint density at radius 2 is 2.28 bits per heavy atom. The minimum Gasteiger partial charge on any atom is -0.497 e. The second kappa shape index (κ2) is 5.01. The van der Waals surface area contributed by atoms with Crippen molar-refractivity contribution in [1.29, 1.82) is 5.26 Å². The van der Waals surface area contributed by atoms with Crippen LogP contribution in [0, 0.1) is 11.3 Å². The molecule has 0 aliphatic rings. The quantitative estimate of drug-likeness (QED) is 0.848. The molecular weight excluding hydrogens is 232 g/mol. The first-order valence-electron chi connectivity index (χ1n) is 5.14. The van der Waals surface area contributed by atoms with Crippen LogP contribution in [0.15, 0.2) is 35.1 Å². The predicted octanol–water partition coefficient (Wildman–Crippen LogP) is 1.39. The van der Waals surface area contributed by atoms with Gasteiger partial charge in [0.25, 0.3) is 0 Å². The van der Waals surface area contributed by atoms with Gasteiger partial charge in [-0.3, -0.25) is 4.98 Å². The monoisotopic (exact) mass is 242 g/mol. The van der Waals surface area contributed by atoms with E-state index in [9.17, 15) is 4.79 Å². The SMILES string of the molecule is COc1cccc(Nc2cc(C#N)[nH]c(=O)n2)c1. The summed E-state index contributed by atoms with van der Waals surface area (Å²) in [6, 6.07) is 10.5. The topological polar surface area (TPSA) is 90.8 Å². The largest absolute Gasteiger partial charge is 0.497 e. The van der Waals surface area contributed by atoms with Crippen molar-refractivity contribution in [2.75, 3.05) is 12.4 Å². The van der Waals surface area contributed by atoms with Gasteiger partial charge in [0.05, 0.1) is 7.11 Å². The number of H-pyrrole nitrogens is 1. The Labute approximate surface area is 103 Å². The Morgan fingerprint density at radius 3 is 3.00 bits per heavy atom. The van der Waals surface area contributed by atoms with E-state index in [1.54, 1.807) is 31.4 Å². The third kappa shape index (κ3) is 2.65. The highest BCUT2D eigenvalue weighted by Crippen LogP contribution is 2.19. The van der Waals surface area contributed by atoms with Gasteiger partial charge in [-0.05, 0) is 12.1 Å². The van der Waals surface area contributed by atoms with Crippen LogP contribution in [0.2, 0.25) is 0 Å². The molecule has 6 nitrogen and oxygen atoms in total. The highest BCUT2D eigenvalue weighted by Gasteiger charge is 2.01. The Hall–Kier alpha value is -2.81. The van der Waals surface area contributed by atoms with E-state index < -0.39 is 5.69 Å². The molecule has 2 N–H and O–H groups in total. The number of nitrogens with zero attached hydrogens (tertiary/aromatic N) is 2. The summed E-state index contributed by atoms with van der Waals surface area (Å²) in [5.74, 6) is 0.994. The minimum absolute atomic E-state index is 0.153. The molecule has 0 amide bonds. The number of anilines is 2. The molecule has 0 saturated heterocycles. The normalized spacial score (nSPS) is 9.56. The van der Waals surface area contributed by atoms with Crippen molar-refractivity contribution < 1.29 is 4.74 Å². The van der Waals surface area contributed by atoms with Gasteiger partial charge in [-0.1, -0.05) is 6.07 Å². The second-order valence-corrected chi connectivity index (χ2v) is 3.45. The molecule has 0 spiro atoms. The van der Waals surface area contributed by atoms with Crippen molar-refractivity contribution in [3.63, 3.8) is 0 Å². The van der Waals surface area contributed by atoms with Crippen molar-refractivity contribution in [1.82, 2.24) is 9.97 Å². The van der Waals surface area contributed by atoms with Gasteiger partial charge in [-0.2, -0.15) is 10.2 Å². The van der Waals surface area contributed by atoms with Crippen LogP contribution in [0.3, 0.4) is 0 Å². The molecule has 0 aliphatic carbocycles. The van der Waals surface area contributed by atoms with Crippen molar-refractivity contribution in [2.45, 2.75) is 0 Å². The third-order valence-corrected chi connectivity index (χ3v) is 2.21. The van der Waals surface area contributed by atoms with Crippen LogP contribution < -0.4 is 15.7 Å². The fourth-order valence-electron chi connectivity index (χ4n) is 1.43. The standard InChI is InChI=1S/C12H10N4O2/c1-18-10-4-2-3-8(5-10)14-11-6-9(7-13)15-12(17)16-11/h2-6H,1H3,(H2,14,15,16,17). The number of hydrogen-bond acceptors (Lipinski definition) is 5. The molecule has 0 aliphatic heterocycles. The molecule has 0 saturated carbocycles. The minimum atomic E-state index is -0.570. The zero-order chi connectivity index (χ0) is 13.0. The molecule has 2 rings (SSSR count). The first-order chi connectivity index (χ1) is 8.71.